The first-order valence-electron chi connectivity index (χ1n) is 5.94. The number of hydrogen-bond acceptors (Lipinski definition) is 2. The molecule has 1 heterocycles. The van der Waals surface area contributed by atoms with Gasteiger partial charge in [-0.25, -0.2) is 9.48 Å². The number of carboxylic acid groups (broad SMARTS) is 1. The number of aromatic nitrogens is 2. The van der Waals surface area contributed by atoms with E-state index in [1.165, 1.54) is 6.20 Å². The SMILES string of the molecule is Cc1c(C(=O)O)cnn1-c1cccc2ccccc12. The summed E-state index contributed by atoms with van der Waals surface area (Å²) in [6, 6.07) is 13.9. The molecule has 4 heteroatoms. The number of hydrogen-bond donors (Lipinski definition) is 1. The zero-order valence-electron chi connectivity index (χ0n) is 10.4. The van der Waals surface area contributed by atoms with E-state index >= 15 is 0 Å². The van der Waals surface area contributed by atoms with Crippen LogP contribution in [0.2, 0.25) is 0 Å². The maximum Gasteiger partial charge on any atom is 0.339 e. The maximum atomic E-state index is 11.1. The minimum atomic E-state index is -0.955. The lowest BCUT2D eigenvalue weighted by atomic mass is 10.1. The summed E-state index contributed by atoms with van der Waals surface area (Å²) in [6.45, 7) is 1.76. The molecule has 0 saturated heterocycles. The fourth-order valence-corrected chi connectivity index (χ4v) is 2.26. The molecular weight excluding hydrogens is 240 g/mol. The first-order valence-corrected chi connectivity index (χ1v) is 5.94. The molecule has 0 aliphatic rings. The number of benzene rings is 2. The smallest absolute Gasteiger partial charge is 0.339 e. The topological polar surface area (TPSA) is 55.1 Å². The van der Waals surface area contributed by atoms with Crippen molar-refractivity contribution in [1.82, 2.24) is 9.78 Å². The summed E-state index contributed by atoms with van der Waals surface area (Å²) >= 11 is 0. The van der Waals surface area contributed by atoms with Crippen molar-refractivity contribution in [2.24, 2.45) is 0 Å². The van der Waals surface area contributed by atoms with Crippen LogP contribution in [-0.4, -0.2) is 20.9 Å². The Kier molecular flexibility index (Phi) is 2.56. The minimum absolute atomic E-state index is 0.230. The Morgan fingerprint density at radius 2 is 1.89 bits per heavy atom. The molecule has 0 amide bonds. The van der Waals surface area contributed by atoms with E-state index < -0.39 is 5.97 Å². The average molecular weight is 252 g/mol. The molecule has 1 N–H and O–H groups in total. The van der Waals surface area contributed by atoms with E-state index in [2.05, 4.69) is 5.10 Å². The lowest BCUT2D eigenvalue weighted by Gasteiger charge is -2.08. The summed E-state index contributed by atoms with van der Waals surface area (Å²) in [6.07, 6.45) is 1.39. The Morgan fingerprint density at radius 3 is 2.63 bits per heavy atom. The van der Waals surface area contributed by atoms with E-state index in [4.69, 9.17) is 5.11 Å². The third-order valence-electron chi connectivity index (χ3n) is 3.24. The van der Waals surface area contributed by atoms with Crippen LogP contribution < -0.4 is 0 Å². The standard InChI is InChI=1S/C15H12N2O2/c1-10-13(15(18)19)9-16-17(10)14-8-4-6-11-5-2-3-7-12(11)14/h2-9H,1H3,(H,18,19). The number of rotatable bonds is 2. The van der Waals surface area contributed by atoms with Gasteiger partial charge in [0.2, 0.25) is 0 Å². The predicted molar refractivity (Wildman–Crippen MR) is 72.8 cm³/mol. The van der Waals surface area contributed by atoms with Crippen molar-refractivity contribution in [1.29, 1.82) is 0 Å². The van der Waals surface area contributed by atoms with Gasteiger partial charge in [0.05, 0.1) is 17.6 Å². The molecule has 3 aromatic rings. The fourth-order valence-electron chi connectivity index (χ4n) is 2.26. The molecule has 0 aliphatic carbocycles. The Morgan fingerprint density at radius 1 is 1.16 bits per heavy atom. The maximum absolute atomic E-state index is 11.1. The van der Waals surface area contributed by atoms with Crippen LogP contribution in [0.25, 0.3) is 16.5 Å². The molecule has 94 valence electrons. The molecule has 0 unspecified atom stereocenters. The lowest BCUT2D eigenvalue weighted by molar-refractivity contribution is 0.0696. The number of fused-ring (bicyclic) bond motifs is 1. The highest BCUT2D eigenvalue weighted by Gasteiger charge is 2.14. The number of carbonyl (C=O) groups is 1. The molecule has 0 spiro atoms. The summed E-state index contributed by atoms with van der Waals surface area (Å²) in [5.74, 6) is -0.955. The first-order chi connectivity index (χ1) is 9.18. The Bertz CT molecular complexity index is 769. The highest BCUT2D eigenvalue weighted by Crippen LogP contribution is 2.23. The normalized spacial score (nSPS) is 10.8. The van der Waals surface area contributed by atoms with E-state index in [-0.39, 0.29) is 5.56 Å². The van der Waals surface area contributed by atoms with Crippen LogP contribution in [0, 0.1) is 6.92 Å². The van der Waals surface area contributed by atoms with Crippen molar-refractivity contribution in [2.75, 3.05) is 0 Å². The van der Waals surface area contributed by atoms with Gasteiger partial charge in [0.1, 0.15) is 5.56 Å². The summed E-state index contributed by atoms with van der Waals surface area (Å²) < 4.78 is 1.67. The number of nitrogens with zero attached hydrogens (tertiary/aromatic N) is 2. The highest BCUT2D eigenvalue weighted by molar-refractivity contribution is 5.91. The summed E-state index contributed by atoms with van der Waals surface area (Å²) in [4.78, 5) is 11.1. The molecule has 2 aromatic carbocycles. The van der Waals surface area contributed by atoms with Gasteiger partial charge in [0, 0.05) is 5.39 Å². The van der Waals surface area contributed by atoms with E-state index in [0.717, 1.165) is 16.5 Å². The van der Waals surface area contributed by atoms with Crippen molar-refractivity contribution < 1.29 is 9.90 Å². The highest BCUT2D eigenvalue weighted by atomic mass is 16.4. The molecule has 0 radical (unpaired) electrons. The second-order valence-corrected chi connectivity index (χ2v) is 4.36. The van der Waals surface area contributed by atoms with Gasteiger partial charge < -0.3 is 5.11 Å². The monoisotopic (exact) mass is 252 g/mol. The Hall–Kier alpha value is -2.62. The van der Waals surface area contributed by atoms with Crippen molar-refractivity contribution in [3.8, 4) is 5.69 Å². The number of carboxylic acids is 1. The first kappa shape index (κ1) is 11.5. The van der Waals surface area contributed by atoms with Crippen LogP contribution in [0.1, 0.15) is 16.1 Å². The van der Waals surface area contributed by atoms with Crippen LogP contribution in [-0.2, 0) is 0 Å². The van der Waals surface area contributed by atoms with Crippen LogP contribution in [0.3, 0.4) is 0 Å². The lowest BCUT2D eigenvalue weighted by Crippen LogP contribution is -2.02. The second-order valence-electron chi connectivity index (χ2n) is 4.36. The van der Waals surface area contributed by atoms with Crippen LogP contribution in [0.5, 0.6) is 0 Å². The van der Waals surface area contributed by atoms with E-state index in [9.17, 15) is 4.79 Å². The molecule has 1 aromatic heterocycles. The van der Waals surface area contributed by atoms with Gasteiger partial charge in [0.25, 0.3) is 0 Å². The van der Waals surface area contributed by atoms with Crippen LogP contribution in [0.4, 0.5) is 0 Å². The molecule has 0 fully saturated rings. The Labute approximate surface area is 109 Å². The van der Waals surface area contributed by atoms with E-state index in [1.807, 2.05) is 42.5 Å². The molecule has 0 atom stereocenters. The average Bonchev–Trinajstić information content (AvgIpc) is 2.80. The van der Waals surface area contributed by atoms with E-state index in [1.54, 1.807) is 11.6 Å². The molecule has 0 saturated carbocycles. The quantitative estimate of drug-likeness (QED) is 0.762. The van der Waals surface area contributed by atoms with Crippen LogP contribution in [0.15, 0.2) is 48.7 Å². The van der Waals surface area contributed by atoms with Gasteiger partial charge >= 0.3 is 5.97 Å². The van der Waals surface area contributed by atoms with Gasteiger partial charge in [-0.15, -0.1) is 0 Å². The van der Waals surface area contributed by atoms with Crippen molar-refractivity contribution in [3.05, 3.63) is 59.9 Å². The molecule has 3 rings (SSSR count). The van der Waals surface area contributed by atoms with Crippen molar-refractivity contribution >= 4 is 16.7 Å². The predicted octanol–water partition coefficient (Wildman–Crippen LogP) is 3.03. The van der Waals surface area contributed by atoms with Crippen molar-refractivity contribution in [2.45, 2.75) is 6.92 Å². The van der Waals surface area contributed by atoms with Gasteiger partial charge in [-0.2, -0.15) is 5.10 Å². The van der Waals surface area contributed by atoms with Gasteiger partial charge in [0.15, 0.2) is 0 Å². The third-order valence-corrected chi connectivity index (χ3v) is 3.24. The summed E-state index contributed by atoms with van der Waals surface area (Å²) in [7, 11) is 0. The summed E-state index contributed by atoms with van der Waals surface area (Å²) in [5.41, 5.74) is 1.75. The summed E-state index contributed by atoms with van der Waals surface area (Å²) in [5, 5.41) is 15.4. The fraction of sp³-hybridized carbons (Fsp3) is 0.0667. The third kappa shape index (κ3) is 1.78. The van der Waals surface area contributed by atoms with Gasteiger partial charge in [-0.1, -0.05) is 36.4 Å². The van der Waals surface area contributed by atoms with E-state index in [0.29, 0.717) is 5.69 Å². The molecule has 4 nitrogen and oxygen atoms in total. The van der Waals surface area contributed by atoms with Crippen LogP contribution >= 0.6 is 0 Å². The minimum Gasteiger partial charge on any atom is -0.478 e. The Balaban J connectivity index is 2.28. The van der Waals surface area contributed by atoms with Gasteiger partial charge in [-0.05, 0) is 18.4 Å². The molecule has 19 heavy (non-hydrogen) atoms. The zero-order valence-corrected chi connectivity index (χ0v) is 10.4. The molecule has 0 bridgehead atoms. The molecular formula is C15H12N2O2. The van der Waals surface area contributed by atoms with Gasteiger partial charge in [-0.3, -0.25) is 0 Å². The molecule has 0 aliphatic heterocycles. The van der Waals surface area contributed by atoms with Crippen molar-refractivity contribution in [3.63, 3.8) is 0 Å². The number of aromatic carboxylic acids is 1. The largest absolute Gasteiger partial charge is 0.478 e. The zero-order chi connectivity index (χ0) is 13.4. The second kappa shape index (κ2) is 4.24.